The lowest BCUT2D eigenvalue weighted by molar-refractivity contribution is 0.102. The summed E-state index contributed by atoms with van der Waals surface area (Å²) >= 11 is 0. The first kappa shape index (κ1) is 23.8. The first-order valence-electron chi connectivity index (χ1n) is 12.4. The molecule has 2 aliphatic carbocycles. The fourth-order valence-electron chi connectivity index (χ4n) is 4.40. The van der Waals surface area contributed by atoms with Crippen LogP contribution < -0.4 is 26.6 Å². The van der Waals surface area contributed by atoms with E-state index in [-0.39, 0.29) is 29.5 Å². The van der Waals surface area contributed by atoms with Crippen molar-refractivity contribution in [3.8, 4) is 0 Å². The van der Waals surface area contributed by atoms with Crippen molar-refractivity contribution < 1.29 is 14.0 Å². The minimum atomic E-state index is -0.622. The van der Waals surface area contributed by atoms with Gasteiger partial charge in [0.25, 0.3) is 5.91 Å². The number of nitrogens with zero attached hydrogens (tertiary/aromatic N) is 4. The fourth-order valence-corrected chi connectivity index (χ4v) is 4.40. The number of carbonyl (C=O) groups is 2. The number of anilines is 3. The number of pyridine rings is 1. The molecule has 0 saturated heterocycles. The Kier molecular flexibility index (Phi) is 6.83. The van der Waals surface area contributed by atoms with Crippen molar-refractivity contribution in [2.45, 2.75) is 63.6 Å². The van der Waals surface area contributed by atoms with Crippen LogP contribution in [-0.4, -0.2) is 56.2 Å². The zero-order valence-corrected chi connectivity index (χ0v) is 20.1. The molecule has 36 heavy (non-hydrogen) atoms. The van der Waals surface area contributed by atoms with Gasteiger partial charge in [0.2, 0.25) is 0 Å². The summed E-state index contributed by atoms with van der Waals surface area (Å²) in [5.74, 6) is -0.525. The topological polar surface area (TPSA) is 137 Å². The lowest BCUT2D eigenvalue weighted by Crippen LogP contribution is -2.44. The molecule has 0 aliphatic heterocycles. The number of carbonyl (C=O) groups excluding carboxylic acids is 2. The van der Waals surface area contributed by atoms with E-state index in [1.54, 1.807) is 0 Å². The highest BCUT2D eigenvalue weighted by atomic mass is 19.1. The van der Waals surface area contributed by atoms with Gasteiger partial charge in [-0.25, -0.2) is 18.7 Å². The molecule has 5 rings (SSSR count). The molecular weight excluding hydrogens is 465 g/mol. The quantitative estimate of drug-likeness (QED) is 0.324. The molecule has 3 amide bonds. The molecule has 3 aromatic heterocycles. The summed E-state index contributed by atoms with van der Waals surface area (Å²) in [5, 5.41) is 20.0. The van der Waals surface area contributed by atoms with E-state index < -0.39 is 11.7 Å². The number of hydrogen-bond acceptors (Lipinski definition) is 7. The molecule has 190 valence electrons. The molecule has 12 heteroatoms. The molecule has 2 aliphatic rings. The van der Waals surface area contributed by atoms with E-state index in [0.717, 1.165) is 50.4 Å². The Bertz CT molecular complexity index is 1250. The molecule has 0 spiro atoms. The molecule has 2 fully saturated rings. The number of rotatable bonds is 8. The van der Waals surface area contributed by atoms with Crippen molar-refractivity contribution in [1.29, 1.82) is 0 Å². The van der Waals surface area contributed by atoms with Gasteiger partial charge in [-0.05, 0) is 51.5 Å². The Hall–Kier alpha value is -3.96. The first-order chi connectivity index (χ1) is 17.5. The van der Waals surface area contributed by atoms with Crippen molar-refractivity contribution in [3.05, 3.63) is 42.2 Å². The van der Waals surface area contributed by atoms with Gasteiger partial charge in [0.1, 0.15) is 5.82 Å². The second kappa shape index (κ2) is 10.3. The average Bonchev–Trinajstić information content (AvgIpc) is 3.57. The Balaban J connectivity index is 1.33. The number of aromatic nitrogens is 4. The van der Waals surface area contributed by atoms with Gasteiger partial charge in [-0.2, -0.15) is 0 Å². The summed E-state index contributed by atoms with van der Waals surface area (Å²) in [7, 11) is 0. The van der Waals surface area contributed by atoms with E-state index in [4.69, 9.17) is 0 Å². The van der Waals surface area contributed by atoms with Crippen LogP contribution in [0.5, 0.6) is 0 Å². The molecular formula is C24H30FN9O2. The number of halogens is 1. The molecule has 0 unspecified atom stereocenters. The maximum atomic E-state index is 14.0. The number of amides is 3. The Morgan fingerprint density at radius 1 is 1.03 bits per heavy atom. The summed E-state index contributed by atoms with van der Waals surface area (Å²) in [6.45, 7) is 2.49. The van der Waals surface area contributed by atoms with Gasteiger partial charge in [0, 0.05) is 36.9 Å². The van der Waals surface area contributed by atoms with Crippen LogP contribution in [0.3, 0.4) is 0 Å². The second-order valence-electron chi connectivity index (χ2n) is 9.25. The second-order valence-corrected chi connectivity index (χ2v) is 9.25. The maximum absolute atomic E-state index is 14.0. The van der Waals surface area contributed by atoms with Crippen molar-refractivity contribution in [1.82, 2.24) is 30.2 Å². The first-order valence-corrected chi connectivity index (χ1v) is 12.4. The largest absolute Gasteiger partial charge is 0.379 e. The van der Waals surface area contributed by atoms with E-state index in [1.807, 2.05) is 13.0 Å². The predicted molar refractivity (Wildman–Crippen MR) is 134 cm³/mol. The lowest BCUT2D eigenvalue weighted by atomic mass is 9.91. The summed E-state index contributed by atoms with van der Waals surface area (Å²) in [6, 6.07) is 3.89. The highest BCUT2D eigenvalue weighted by Crippen LogP contribution is 2.30. The Morgan fingerprint density at radius 3 is 2.47 bits per heavy atom. The van der Waals surface area contributed by atoms with Crippen LogP contribution in [0.1, 0.15) is 55.9 Å². The van der Waals surface area contributed by atoms with Crippen molar-refractivity contribution in [2.24, 2.45) is 0 Å². The molecule has 3 heterocycles. The van der Waals surface area contributed by atoms with Gasteiger partial charge in [-0.3, -0.25) is 9.78 Å². The van der Waals surface area contributed by atoms with Gasteiger partial charge in [-0.15, -0.1) is 5.10 Å². The Labute approximate surface area is 207 Å². The van der Waals surface area contributed by atoms with Crippen LogP contribution >= 0.6 is 0 Å². The minimum absolute atomic E-state index is 0.0357. The van der Waals surface area contributed by atoms with Gasteiger partial charge in [0.15, 0.2) is 17.2 Å². The molecule has 0 atom stereocenters. The fraction of sp³-hybridized carbons (Fsp3) is 0.458. The van der Waals surface area contributed by atoms with Crippen molar-refractivity contribution in [3.63, 3.8) is 0 Å². The van der Waals surface area contributed by atoms with Gasteiger partial charge < -0.3 is 26.6 Å². The van der Waals surface area contributed by atoms with Crippen LogP contribution in [-0.2, 0) is 0 Å². The van der Waals surface area contributed by atoms with Crippen molar-refractivity contribution in [2.75, 3.05) is 22.5 Å². The molecule has 3 aromatic rings. The normalized spacial score (nSPS) is 19.5. The van der Waals surface area contributed by atoms with Gasteiger partial charge in [0.05, 0.1) is 23.8 Å². The molecule has 5 N–H and O–H groups in total. The third-order valence-electron chi connectivity index (χ3n) is 6.41. The minimum Gasteiger partial charge on any atom is -0.379 e. The van der Waals surface area contributed by atoms with E-state index >= 15 is 0 Å². The number of nitrogens with one attached hydrogen (secondary N) is 5. The molecule has 2 saturated carbocycles. The highest BCUT2D eigenvalue weighted by molar-refractivity contribution is 6.03. The van der Waals surface area contributed by atoms with Gasteiger partial charge >= 0.3 is 6.03 Å². The smallest absolute Gasteiger partial charge is 0.314 e. The summed E-state index contributed by atoms with van der Waals surface area (Å²) in [5.41, 5.74) is 1.55. The van der Waals surface area contributed by atoms with E-state index in [1.165, 1.54) is 23.0 Å². The van der Waals surface area contributed by atoms with E-state index in [9.17, 15) is 14.0 Å². The monoisotopic (exact) mass is 495 g/mol. The molecule has 0 aromatic carbocycles. The predicted octanol–water partition coefficient (Wildman–Crippen LogP) is 3.13. The van der Waals surface area contributed by atoms with E-state index in [2.05, 4.69) is 41.7 Å². The zero-order chi connectivity index (χ0) is 25.1. The number of hydrogen-bond donors (Lipinski definition) is 5. The van der Waals surface area contributed by atoms with Crippen LogP contribution in [0, 0.1) is 5.82 Å². The summed E-state index contributed by atoms with van der Waals surface area (Å²) in [4.78, 5) is 32.9. The number of fused-ring (bicyclic) bond motifs is 1. The van der Waals surface area contributed by atoms with Gasteiger partial charge in [-0.1, -0.05) is 0 Å². The number of imidazole rings is 1. The third-order valence-corrected chi connectivity index (χ3v) is 6.41. The molecule has 0 bridgehead atoms. The third kappa shape index (κ3) is 5.47. The highest BCUT2D eigenvalue weighted by Gasteiger charge is 2.26. The summed E-state index contributed by atoms with van der Waals surface area (Å²) < 4.78 is 15.5. The number of urea groups is 1. The molecule has 11 nitrogen and oxygen atoms in total. The summed E-state index contributed by atoms with van der Waals surface area (Å²) in [6.07, 6.45) is 9.53. The maximum Gasteiger partial charge on any atom is 0.314 e. The van der Waals surface area contributed by atoms with Crippen LogP contribution in [0.15, 0.2) is 30.7 Å². The van der Waals surface area contributed by atoms with Crippen LogP contribution in [0.4, 0.5) is 26.4 Å². The van der Waals surface area contributed by atoms with Crippen LogP contribution in [0.25, 0.3) is 5.65 Å². The van der Waals surface area contributed by atoms with E-state index in [0.29, 0.717) is 24.1 Å². The molecule has 0 radical (unpaired) electrons. The SMILES string of the molecule is CCNC(=O)N[C@H]1CC[C@H](Nc2cc(NC3CC3)c3ncc(C(=O)Nc4ccncc4F)n3n2)CC1. The Morgan fingerprint density at radius 2 is 1.75 bits per heavy atom. The van der Waals surface area contributed by atoms with Crippen LogP contribution in [0.2, 0.25) is 0 Å². The lowest BCUT2D eigenvalue weighted by Gasteiger charge is -2.30. The van der Waals surface area contributed by atoms with Crippen molar-refractivity contribution >= 4 is 34.8 Å². The average molecular weight is 496 g/mol. The zero-order valence-electron chi connectivity index (χ0n) is 20.1. The standard InChI is InChI=1S/C24H30FN9O2/c1-2-27-24(36)31-16-7-5-15(6-8-16)30-21-11-19(29-14-3-4-14)22-28-13-20(34(22)33-21)23(35)32-18-9-10-26-12-17(18)25/h9-16,29H,2-8H2,1H3,(H,30,33)(H,26,32,35)(H2,27,31,36)/t15-,16-.